The molecule has 5 nitrogen and oxygen atoms in total. The highest BCUT2D eigenvalue weighted by Gasteiger charge is 2.30. The van der Waals surface area contributed by atoms with Crippen molar-refractivity contribution in [1.82, 2.24) is 10.2 Å². The van der Waals surface area contributed by atoms with Gasteiger partial charge < -0.3 is 15.0 Å². The first-order chi connectivity index (χ1) is 17.9. The molecule has 1 N–H and O–H groups in total. The maximum Gasteiger partial charge on any atom is 0.243 e. The number of thioether (sulfide) groups is 1. The summed E-state index contributed by atoms with van der Waals surface area (Å²) in [5.41, 5.74) is 3.04. The Balaban J connectivity index is 1.82. The van der Waals surface area contributed by atoms with E-state index in [1.54, 1.807) is 12.0 Å². The van der Waals surface area contributed by atoms with Crippen LogP contribution in [0.15, 0.2) is 78.9 Å². The molecule has 0 bridgehead atoms. The predicted octanol–water partition coefficient (Wildman–Crippen LogP) is 6.14. The Kier molecular flexibility index (Phi) is 11.4. The van der Waals surface area contributed by atoms with Crippen molar-refractivity contribution in [3.63, 3.8) is 0 Å². The lowest BCUT2D eigenvalue weighted by Crippen LogP contribution is -2.52. The standard InChI is InChI=1S/C30H35ClN2O3S/c1-4-22(2)32-30(35)28(18-23-8-6-5-7-9-23)33(19-24-10-14-26(31)15-11-24)29(34)21-37-20-25-12-16-27(36-3)17-13-25/h5-17,22,28H,4,18-21H2,1-3H3,(H,32,35)/t22-,28-/m0/s1. The summed E-state index contributed by atoms with van der Waals surface area (Å²) in [6.45, 7) is 4.33. The molecule has 2 atom stereocenters. The summed E-state index contributed by atoms with van der Waals surface area (Å²) in [6.07, 6.45) is 1.25. The number of ether oxygens (including phenoxy) is 1. The smallest absolute Gasteiger partial charge is 0.243 e. The number of hydrogen-bond donors (Lipinski definition) is 1. The Morgan fingerprint density at radius 1 is 0.946 bits per heavy atom. The predicted molar refractivity (Wildman–Crippen MR) is 153 cm³/mol. The van der Waals surface area contributed by atoms with Gasteiger partial charge in [-0.2, -0.15) is 0 Å². The van der Waals surface area contributed by atoms with Gasteiger partial charge in [0, 0.05) is 29.8 Å². The van der Waals surface area contributed by atoms with E-state index in [1.807, 2.05) is 92.7 Å². The summed E-state index contributed by atoms with van der Waals surface area (Å²) in [7, 11) is 1.64. The van der Waals surface area contributed by atoms with E-state index in [-0.39, 0.29) is 23.6 Å². The summed E-state index contributed by atoms with van der Waals surface area (Å²) in [4.78, 5) is 28.9. The van der Waals surface area contributed by atoms with E-state index in [0.29, 0.717) is 23.7 Å². The number of nitrogens with one attached hydrogen (secondary N) is 1. The Hall–Kier alpha value is -2.96. The Morgan fingerprint density at radius 3 is 2.22 bits per heavy atom. The average molecular weight is 539 g/mol. The van der Waals surface area contributed by atoms with E-state index in [0.717, 1.165) is 28.9 Å². The number of benzene rings is 3. The maximum absolute atomic E-state index is 13.7. The molecule has 0 aromatic heterocycles. The molecule has 0 saturated carbocycles. The molecular formula is C30H35ClN2O3S. The van der Waals surface area contributed by atoms with Gasteiger partial charge in [-0.15, -0.1) is 11.8 Å². The summed E-state index contributed by atoms with van der Waals surface area (Å²) < 4.78 is 5.23. The van der Waals surface area contributed by atoms with E-state index in [4.69, 9.17) is 16.3 Å². The van der Waals surface area contributed by atoms with Crippen LogP contribution in [-0.2, 0) is 28.3 Å². The van der Waals surface area contributed by atoms with Gasteiger partial charge in [0.25, 0.3) is 0 Å². The van der Waals surface area contributed by atoms with Crippen molar-refractivity contribution in [1.29, 1.82) is 0 Å². The second-order valence-corrected chi connectivity index (χ2v) is 10.4. The first kappa shape index (κ1) is 28.6. The zero-order valence-electron chi connectivity index (χ0n) is 21.7. The van der Waals surface area contributed by atoms with Crippen LogP contribution in [0.3, 0.4) is 0 Å². The number of amides is 2. The van der Waals surface area contributed by atoms with E-state index >= 15 is 0 Å². The highest BCUT2D eigenvalue weighted by molar-refractivity contribution is 7.99. The average Bonchev–Trinajstić information content (AvgIpc) is 2.92. The Bertz CT molecular complexity index is 1120. The van der Waals surface area contributed by atoms with Gasteiger partial charge in [-0.05, 0) is 54.3 Å². The minimum atomic E-state index is -0.638. The van der Waals surface area contributed by atoms with Crippen molar-refractivity contribution >= 4 is 35.2 Å². The summed E-state index contributed by atoms with van der Waals surface area (Å²) in [5, 5.41) is 3.73. The van der Waals surface area contributed by atoms with Crippen LogP contribution in [0.1, 0.15) is 37.0 Å². The lowest BCUT2D eigenvalue weighted by Gasteiger charge is -2.32. The highest BCUT2D eigenvalue weighted by atomic mass is 35.5. The summed E-state index contributed by atoms with van der Waals surface area (Å²) in [5.74, 6) is 1.54. The zero-order chi connectivity index (χ0) is 26.6. The highest BCUT2D eigenvalue weighted by Crippen LogP contribution is 2.21. The van der Waals surface area contributed by atoms with Gasteiger partial charge in [-0.3, -0.25) is 9.59 Å². The Labute approximate surface area is 229 Å². The number of carbonyl (C=O) groups excluding carboxylic acids is 2. The molecule has 2 amide bonds. The number of nitrogens with zero attached hydrogens (tertiary/aromatic N) is 1. The number of rotatable bonds is 13. The number of hydrogen-bond acceptors (Lipinski definition) is 4. The largest absolute Gasteiger partial charge is 0.497 e. The lowest BCUT2D eigenvalue weighted by molar-refractivity contribution is -0.139. The molecule has 0 unspecified atom stereocenters. The van der Waals surface area contributed by atoms with E-state index in [2.05, 4.69) is 5.32 Å². The number of carbonyl (C=O) groups is 2. The number of methoxy groups -OCH3 is 1. The number of halogens is 1. The van der Waals surface area contributed by atoms with Gasteiger partial charge in [0.05, 0.1) is 12.9 Å². The van der Waals surface area contributed by atoms with Gasteiger partial charge in [-0.25, -0.2) is 0 Å². The quantitative estimate of drug-likeness (QED) is 0.284. The first-order valence-electron chi connectivity index (χ1n) is 12.5. The fourth-order valence-corrected chi connectivity index (χ4v) is 4.84. The van der Waals surface area contributed by atoms with E-state index in [9.17, 15) is 9.59 Å². The minimum absolute atomic E-state index is 0.0164. The molecule has 0 aliphatic rings. The van der Waals surface area contributed by atoms with Crippen LogP contribution in [0.25, 0.3) is 0 Å². The molecule has 0 spiro atoms. The monoisotopic (exact) mass is 538 g/mol. The topological polar surface area (TPSA) is 58.6 Å². The van der Waals surface area contributed by atoms with Gasteiger partial charge in [0.1, 0.15) is 11.8 Å². The SMILES string of the molecule is CC[C@H](C)NC(=O)[C@H](Cc1ccccc1)N(Cc1ccc(Cl)cc1)C(=O)CSCc1ccc(OC)cc1. The van der Waals surface area contributed by atoms with Crippen LogP contribution in [0.2, 0.25) is 5.02 Å². The molecule has 0 aliphatic carbocycles. The molecule has 196 valence electrons. The van der Waals surface area contributed by atoms with Gasteiger partial charge >= 0.3 is 0 Å². The fourth-order valence-electron chi connectivity index (χ4n) is 3.84. The molecule has 3 rings (SSSR count). The molecule has 0 aliphatic heterocycles. The molecule has 3 aromatic rings. The molecule has 0 fully saturated rings. The fraction of sp³-hybridized carbons (Fsp3) is 0.333. The zero-order valence-corrected chi connectivity index (χ0v) is 23.2. The van der Waals surface area contributed by atoms with Gasteiger partial charge in [0.15, 0.2) is 0 Å². The normalized spacial score (nSPS) is 12.4. The summed E-state index contributed by atoms with van der Waals surface area (Å²) in [6, 6.07) is 24.5. The second kappa shape index (κ2) is 14.7. The Morgan fingerprint density at radius 2 is 1.59 bits per heavy atom. The van der Waals surface area contributed by atoms with Crippen LogP contribution in [0.5, 0.6) is 5.75 Å². The van der Waals surface area contributed by atoms with Crippen molar-refractivity contribution in [2.75, 3.05) is 12.9 Å². The third kappa shape index (κ3) is 9.13. The third-order valence-electron chi connectivity index (χ3n) is 6.19. The van der Waals surface area contributed by atoms with Gasteiger partial charge in [-0.1, -0.05) is 73.1 Å². The molecule has 0 heterocycles. The minimum Gasteiger partial charge on any atom is -0.497 e. The maximum atomic E-state index is 13.7. The molecule has 37 heavy (non-hydrogen) atoms. The van der Waals surface area contributed by atoms with Crippen LogP contribution < -0.4 is 10.1 Å². The van der Waals surface area contributed by atoms with Crippen LogP contribution in [-0.4, -0.2) is 41.7 Å². The lowest BCUT2D eigenvalue weighted by atomic mass is 10.0. The summed E-state index contributed by atoms with van der Waals surface area (Å²) >= 11 is 7.63. The van der Waals surface area contributed by atoms with Crippen LogP contribution >= 0.6 is 23.4 Å². The van der Waals surface area contributed by atoms with Crippen molar-refractivity contribution in [2.45, 2.75) is 51.1 Å². The molecule has 0 saturated heterocycles. The van der Waals surface area contributed by atoms with E-state index in [1.165, 1.54) is 11.8 Å². The molecule has 0 radical (unpaired) electrons. The van der Waals surface area contributed by atoms with Crippen molar-refractivity contribution in [3.05, 3.63) is 101 Å². The first-order valence-corrected chi connectivity index (χ1v) is 14.0. The van der Waals surface area contributed by atoms with Gasteiger partial charge in [0.2, 0.25) is 11.8 Å². The van der Waals surface area contributed by atoms with Crippen LogP contribution in [0.4, 0.5) is 0 Å². The molecule has 7 heteroatoms. The second-order valence-electron chi connectivity index (χ2n) is 9.01. The van der Waals surface area contributed by atoms with Crippen LogP contribution in [0, 0.1) is 0 Å². The van der Waals surface area contributed by atoms with E-state index < -0.39 is 6.04 Å². The third-order valence-corrected chi connectivity index (χ3v) is 7.43. The van der Waals surface area contributed by atoms with Crippen molar-refractivity contribution in [3.8, 4) is 5.75 Å². The molecule has 3 aromatic carbocycles. The van der Waals surface area contributed by atoms with Crippen molar-refractivity contribution < 1.29 is 14.3 Å². The molecular weight excluding hydrogens is 504 g/mol. The van der Waals surface area contributed by atoms with Crippen molar-refractivity contribution in [2.24, 2.45) is 0 Å².